The zero-order chi connectivity index (χ0) is 17.4. The molecule has 0 saturated heterocycles. The summed E-state index contributed by atoms with van der Waals surface area (Å²) in [7, 11) is 2.01. The molecule has 2 aliphatic carbocycles. The Morgan fingerprint density at radius 3 is 2.92 bits per heavy atom. The Bertz CT molecular complexity index is 792. The van der Waals surface area contributed by atoms with E-state index in [0.717, 1.165) is 25.8 Å². The molecule has 0 spiro atoms. The summed E-state index contributed by atoms with van der Waals surface area (Å²) >= 11 is 0. The van der Waals surface area contributed by atoms with Crippen LogP contribution < -0.4 is 0 Å². The topological polar surface area (TPSA) is 38.1 Å². The molecule has 2 aliphatic rings. The first-order valence-electron chi connectivity index (χ1n) is 9.55. The Balaban J connectivity index is 1.57. The molecule has 0 bridgehead atoms. The molecule has 1 aromatic heterocycles. The van der Waals surface area contributed by atoms with Gasteiger partial charge in [-0.15, -0.1) is 0 Å². The third-order valence-corrected chi connectivity index (χ3v) is 5.90. The number of aromatic nitrogens is 2. The molecule has 1 aromatic carbocycles. The zero-order valence-corrected chi connectivity index (χ0v) is 15.3. The van der Waals surface area contributed by atoms with E-state index in [2.05, 4.69) is 28.2 Å². The maximum absolute atomic E-state index is 12.7. The maximum Gasteiger partial charge on any atom is 0.222 e. The van der Waals surface area contributed by atoms with Crippen LogP contribution in [0.3, 0.4) is 0 Å². The summed E-state index contributed by atoms with van der Waals surface area (Å²) in [4.78, 5) is 14.8. The largest absolute Gasteiger partial charge is 0.335 e. The summed E-state index contributed by atoms with van der Waals surface area (Å²) in [6.45, 7) is 2.70. The lowest BCUT2D eigenvalue weighted by molar-refractivity contribution is -0.134. The molecule has 1 heterocycles. The molecular weight excluding hydrogens is 310 g/mol. The van der Waals surface area contributed by atoms with Crippen molar-refractivity contribution in [2.24, 2.45) is 7.05 Å². The number of benzene rings is 1. The standard InChI is InChI=1S/C21H27N3O/c1-3-21(25)24(14-15-7-8-16-5-4-6-17(16)11-15)19-10-9-18-13-22-23(2)20(18)12-19/h7-8,11,13,19H,3-6,9-10,12,14H2,1-2H3. The van der Waals surface area contributed by atoms with Crippen LogP contribution in [0.2, 0.25) is 0 Å². The van der Waals surface area contributed by atoms with Crippen molar-refractivity contribution < 1.29 is 4.79 Å². The lowest BCUT2D eigenvalue weighted by Crippen LogP contribution is -2.43. The second-order valence-electron chi connectivity index (χ2n) is 7.47. The maximum atomic E-state index is 12.7. The van der Waals surface area contributed by atoms with Crippen LogP contribution in [-0.2, 0) is 44.1 Å². The van der Waals surface area contributed by atoms with Gasteiger partial charge >= 0.3 is 0 Å². The molecule has 25 heavy (non-hydrogen) atoms. The normalized spacial score (nSPS) is 18.7. The Labute approximate surface area is 149 Å². The molecule has 0 N–H and O–H groups in total. The van der Waals surface area contributed by atoms with Crippen molar-refractivity contribution in [3.05, 3.63) is 52.3 Å². The van der Waals surface area contributed by atoms with Crippen molar-refractivity contribution in [3.63, 3.8) is 0 Å². The van der Waals surface area contributed by atoms with Gasteiger partial charge in [-0.25, -0.2) is 0 Å². The molecule has 1 amide bonds. The summed E-state index contributed by atoms with van der Waals surface area (Å²) in [6, 6.07) is 7.10. The average Bonchev–Trinajstić information content (AvgIpc) is 3.25. The van der Waals surface area contributed by atoms with Gasteiger partial charge in [0.25, 0.3) is 0 Å². The predicted molar refractivity (Wildman–Crippen MR) is 98.3 cm³/mol. The van der Waals surface area contributed by atoms with Crippen LogP contribution in [0, 0.1) is 0 Å². The number of fused-ring (bicyclic) bond motifs is 2. The Hall–Kier alpha value is -2.10. The van der Waals surface area contributed by atoms with Gasteiger partial charge in [0.2, 0.25) is 5.91 Å². The summed E-state index contributed by atoms with van der Waals surface area (Å²) < 4.78 is 1.98. The minimum absolute atomic E-state index is 0.260. The summed E-state index contributed by atoms with van der Waals surface area (Å²) in [5.74, 6) is 0.260. The van der Waals surface area contributed by atoms with Crippen molar-refractivity contribution in [2.45, 2.75) is 64.5 Å². The van der Waals surface area contributed by atoms with Gasteiger partial charge in [0.05, 0.1) is 6.20 Å². The molecule has 4 nitrogen and oxygen atoms in total. The lowest BCUT2D eigenvalue weighted by atomic mass is 9.91. The van der Waals surface area contributed by atoms with Crippen LogP contribution >= 0.6 is 0 Å². The molecule has 2 aromatic rings. The van der Waals surface area contributed by atoms with Gasteiger partial charge < -0.3 is 4.90 Å². The number of aryl methyl sites for hydroxylation is 4. The number of hydrogen-bond donors (Lipinski definition) is 0. The van der Waals surface area contributed by atoms with Gasteiger partial charge in [-0.1, -0.05) is 25.1 Å². The summed E-state index contributed by atoms with van der Waals surface area (Å²) in [5, 5.41) is 4.39. The number of carbonyl (C=O) groups is 1. The van der Waals surface area contributed by atoms with Crippen LogP contribution in [0.15, 0.2) is 24.4 Å². The third kappa shape index (κ3) is 3.10. The van der Waals surface area contributed by atoms with Crippen molar-refractivity contribution in [2.75, 3.05) is 0 Å². The second kappa shape index (κ2) is 6.66. The van der Waals surface area contributed by atoms with Crippen molar-refractivity contribution >= 4 is 5.91 Å². The van der Waals surface area contributed by atoms with E-state index in [1.54, 1.807) is 0 Å². The van der Waals surface area contributed by atoms with Crippen LogP contribution in [0.25, 0.3) is 0 Å². The fourth-order valence-corrected chi connectivity index (χ4v) is 4.44. The van der Waals surface area contributed by atoms with Crippen LogP contribution in [0.1, 0.15) is 54.1 Å². The van der Waals surface area contributed by atoms with E-state index < -0.39 is 0 Å². The molecule has 0 fully saturated rings. The van der Waals surface area contributed by atoms with Gasteiger partial charge in [0, 0.05) is 38.2 Å². The van der Waals surface area contributed by atoms with E-state index in [1.807, 2.05) is 24.9 Å². The quantitative estimate of drug-likeness (QED) is 0.859. The smallest absolute Gasteiger partial charge is 0.222 e. The van der Waals surface area contributed by atoms with Crippen LogP contribution in [0.5, 0.6) is 0 Å². The highest BCUT2D eigenvalue weighted by Gasteiger charge is 2.29. The van der Waals surface area contributed by atoms with Crippen LogP contribution in [-0.4, -0.2) is 26.6 Å². The first-order valence-corrected chi connectivity index (χ1v) is 9.55. The minimum Gasteiger partial charge on any atom is -0.335 e. The number of rotatable bonds is 4. The third-order valence-electron chi connectivity index (χ3n) is 5.90. The highest BCUT2D eigenvalue weighted by atomic mass is 16.2. The van der Waals surface area contributed by atoms with E-state index in [-0.39, 0.29) is 11.9 Å². The SMILES string of the molecule is CCC(=O)N(Cc1ccc2c(c1)CCC2)C1CCc2cnn(C)c2C1. The number of amides is 1. The number of hydrogen-bond acceptors (Lipinski definition) is 2. The Morgan fingerprint density at radius 1 is 1.24 bits per heavy atom. The Morgan fingerprint density at radius 2 is 2.08 bits per heavy atom. The average molecular weight is 337 g/mol. The highest BCUT2D eigenvalue weighted by Crippen LogP contribution is 2.27. The Kier molecular flexibility index (Phi) is 4.36. The van der Waals surface area contributed by atoms with E-state index in [9.17, 15) is 4.79 Å². The van der Waals surface area contributed by atoms with E-state index in [4.69, 9.17) is 0 Å². The molecule has 4 heteroatoms. The minimum atomic E-state index is 0.260. The van der Waals surface area contributed by atoms with Crippen molar-refractivity contribution in [1.82, 2.24) is 14.7 Å². The number of nitrogens with zero attached hydrogens (tertiary/aromatic N) is 3. The van der Waals surface area contributed by atoms with E-state index in [1.165, 1.54) is 47.2 Å². The molecule has 4 rings (SSSR count). The molecule has 0 radical (unpaired) electrons. The molecule has 0 aliphatic heterocycles. The fraction of sp³-hybridized carbons (Fsp3) is 0.524. The second-order valence-corrected chi connectivity index (χ2v) is 7.47. The molecule has 132 valence electrons. The fourth-order valence-electron chi connectivity index (χ4n) is 4.44. The highest BCUT2D eigenvalue weighted by molar-refractivity contribution is 5.76. The first kappa shape index (κ1) is 16.4. The molecule has 1 unspecified atom stereocenters. The predicted octanol–water partition coefficient (Wildman–Crippen LogP) is 3.20. The summed E-state index contributed by atoms with van der Waals surface area (Å²) in [5.41, 5.74) is 6.89. The molecule has 1 atom stereocenters. The number of carbonyl (C=O) groups excluding carboxylic acids is 1. The van der Waals surface area contributed by atoms with Gasteiger partial charge in [0.15, 0.2) is 0 Å². The lowest BCUT2D eigenvalue weighted by Gasteiger charge is -2.34. The monoisotopic (exact) mass is 337 g/mol. The molecular formula is C21H27N3O. The zero-order valence-electron chi connectivity index (χ0n) is 15.3. The van der Waals surface area contributed by atoms with E-state index in [0.29, 0.717) is 6.42 Å². The van der Waals surface area contributed by atoms with E-state index >= 15 is 0 Å². The first-order chi connectivity index (χ1) is 12.2. The van der Waals surface area contributed by atoms with Crippen molar-refractivity contribution in [1.29, 1.82) is 0 Å². The van der Waals surface area contributed by atoms with Gasteiger partial charge in [0.1, 0.15) is 0 Å². The van der Waals surface area contributed by atoms with Gasteiger partial charge in [-0.3, -0.25) is 9.48 Å². The molecule has 0 saturated carbocycles. The van der Waals surface area contributed by atoms with Crippen molar-refractivity contribution in [3.8, 4) is 0 Å². The van der Waals surface area contributed by atoms with Gasteiger partial charge in [-0.2, -0.15) is 5.10 Å². The summed E-state index contributed by atoms with van der Waals surface area (Å²) in [6.07, 6.45) is 9.19. The van der Waals surface area contributed by atoms with Crippen LogP contribution in [0.4, 0.5) is 0 Å². The van der Waals surface area contributed by atoms with Gasteiger partial charge in [-0.05, 0) is 54.4 Å².